The molecule has 1 saturated carbocycles. The molecule has 2 N–H and O–H groups in total. The number of hydrogen-bond donors (Lipinski definition) is 2. The maximum absolute atomic E-state index is 13.6. The lowest BCUT2D eigenvalue weighted by Gasteiger charge is -2.07. The van der Waals surface area contributed by atoms with Gasteiger partial charge in [0.05, 0.1) is 30.2 Å². The van der Waals surface area contributed by atoms with E-state index in [9.17, 15) is 18.8 Å². The number of amides is 2. The molecule has 0 spiro atoms. The van der Waals surface area contributed by atoms with Gasteiger partial charge in [0.25, 0.3) is 0 Å². The van der Waals surface area contributed by atoms with Gasteiger partial charge in [-0.15, -0.1) is 0 Å². The van der Waals surface area contributed by atoms with Crippen molar-refractivity contribution in [3.8, 4) is 0 Å². The van der Waals surface area contributed by atoms with E-state index < -0.39 is 23.6 Å². The van der Waals surface area contributed by atoms with Gasteiger partial charge in [-0.05, 0) is 42.8 Å². The summed E-state index contributed by atoms with van der Waals surface area (Å²) in [5.41, 5.74) is 0.990. The molecule has 0 radical (unpaired) electrons. The van der Waals surface area contributed by atoms with Crippen molar-refractivity contribution in [3.63, 3.8) is 0 Å². The zero-order valence-corrected chi connectivity index (χ0v) is 14.0. The Morgan fingerprint density at radius 3 is 2.19 bits per heavy atom. The third kappa shape index (κ3) is 3.88. The monoisotopic (exact) mass is 356 g/mol. The van der Waals surface area contributed by atoms with E-state index in [4.69, 9.17) is 0 Å². The van der Waals surface area contributed by atoms with Gasteiger partial charge in [-0.3, -0.25) is 9.59 Å². The molecule has 6 nitrogen and oxygen atoms in total. The van der Waals surface area contributed by atoms with E-state index in [1.54, 1.807) is 18.2 Å². The van der Waals surface area contributed by atoms with Crippen molar-refractivity contribution in [2.24, 2.45) is 11.8 Å². The van der Waals surface area contributed by atoms with Crippen LogP contribution in [0.5, 0.6) is 0 Å². The fraction of sp³-hybridized carbons (Fsp3) is 0.211. The highest BCUT2D eigenvalue weighted by atomic mass is 19.1. The molecule has 0 aromatic heterocycles. The van der Waals surface area contributed by atoms with Crippen LogP contribution in [0.4, 0.5) is 15.8 Å². The first kappa shape index (κ1) is 17.6. The minimum atomic E-state index is -0.520. The topological polar surface area (TPSA) is 84.5 Å². The first-order valence-electron chi connectivity index (χ1n) is 8.04. The highest BCUT2D eigenvalue weighted by Crippen LogP contribution is 2.40. The summed E-state index contributed by atoms with van der Waals surface area (Å²) in [5.74, 6) is -2.59. The van der Waals surface area contributed by atoms with Crippen LogP contribution in [-0.2, 0) is 14.3 Å². The van der Waals surface area contributed by atoms with Crippen molar-refractivity contribution in [1.29, 1.82) is 0 Å². The average Bonchev–Trinajstić information content (AvgIpc) is 3.44. The number of carbonyl (C=O) groups is 3. The van der Waals surface area contributed by atoms with Crippen LogP contribution in [0.25, 0.3) is 0 Å². The van der Waals surface area contributed by atoms with Gasteiger partial charge in [0.1, 0.15) is 5.82 Å². The molecule has 0 bridgehead atoms. The summed E-state index contributed by atoms with van der Waals surface area (Å²) in [7, 11) is 1.29. The van der Waals surface area contributed by atoms with Gasteiger partial charge in [-0.1, -0.05) is 12.1 Å². The van der Waals surface area contributed by atoms with Crippen LogP contribution in [0.3, 0.4) is 0 Å². The lowest BCUT2D eigenvalue weighted by molar-refractivity contribution is -0.122. The van der Waals surface area contributed by atoms with Crippen LogP contribution in [0.1, 0.15) is 16.8 Å². The van der Waals surface area contributed by atoms with Crippen molar-refractivity contribution in [2.45, 2.75) is 6.42 Å². The number of ether oxygens (including phenoxy) is 1. The number of nitrogens with one attached hydrogen (secondary N) is 2. The normalized spacial score (nSPS) is 17.9. The molecule has 0 aliphatic heterocycles. The number of para-hydroxylation sites is 1. The molecule has 26 heavy (non-hydrogen) atoms. The van der Waals surface area contributed by atoms with Crippen molar-refractivity contribution in [1.82, 2.24) is 0 Å². The molecule has 1 aliphatic rings. The average molecular weight is 356 g/mol. The number of benzene rings is 2. The predicted molar refractivity (Wildman–Crippen MR) is 93.0 cm³/mol. The molecular weight excluding hydrogens is 339 g/mol. The van der Waals surface area contributed by atoms with Gasteiger partial charge in [-0.25, -0.2) is 9.18 Å². The van der Waals surface area contributed by atoms with E-state index in [-0.39, 0.29) is 17.5 Å². The van der Waals surface area contributed by atoms with Gasteiger partial charge < -0.3 is 15.4 Å². The molecule has 7 heteroatoms. The Morgan fingerprint density at radius 2 is 1.58 bits per heavy atom. The Labute approximate surface area is 149 Å². The third-order valence-electron chi connectivity index (χ3n) is 4.17. The third-order valence-corrected chi connectivity index (χ3v) is 4.17. The van der Waals surface area contributed by atoms with Gasteiger partial charge in [-0.2, -0.15) is 0 Å². The lowest BCUT2D eigenvalue weighted by Crippen LogP contribution is -2.21. The summed E-state index contributed by atoms with van der Waals surface area (Å²) >= 11 is 0. The van der Waals surface area contributed by atoms with Crippen molar-refractivity contribution in [3.05, 3.63) is 59.9 Å². The molecule has 0 heterocycles. The molecule has 2 atom stereocenters. The standard InChI is InChI=1S/C19H17FN2O4/c1-26-19(25)11-6-8-12(9-7-11)21-17(23)13-10-14(13)18(24)22-16-5-3-2-4-15(16)20/h2-9,13-14H,10H2,1H3,(H,21,23)(H,22,24). The Bertz CT molecular complexity index is 851. The second-order valence-electron chi connectivity index (χ2n) is 5.98. The molecule has 1 aliphatic carbocycles. The van der Waals surface area contributed by atoms with Crippen molar-refractivity contribution in [2.75, 3.05) is 17.7 Å². The van der Waals surface area contributed by atoms with Crippen LogP contribution < -0.4 is 10.6 Å². The summed E-state index contributed by atoms with van der Waals surface area (Å²) in [6.45, 7) is 0. The quantitative estimate of drug-likeness (QED) is 0.807. The summed E-state index contributed by atoms with van der Waals surface area (Å²) in [4.78, 5) is 35.7. The first-order valence-corrected chi connectivity index (χ1v) is 8.04. The molecule has 2 unspecified atom stereocenters. The smallest absolute Gasteiger partial charge is 0.337 e. The zero-order valence-electron chi connectivity index (χ0n) is 14.0. The first-order chi connectivity index (χ1) is 12.5. The second kappa shape index (κ2) is 7.35. The molecule has 134 valence electrons. The fourth-order valence-corrected chi connectivity index (χ4v) is 2.60. The highest BCUT2D eigenvalue weighted by molar-refractivity contribution is 6.03. The molecule has 2 amide bonds. The van der Waals surface area contributed by atoms with Crippen LogP contribution in [0, 0.1) is 17.7 Å². The van der Waals surface area contributed by atoms with Crippen molar-refractivity contribution >= 4 is 29.2 Å². The van der Waals surface area contributed by atoms with Crippen LogP contribution >= 0.6 is 0 Å². The Hall–Kier alpha value is -3.22. The van der Waals surface area contributed by atoms with Gasteiger partial charge >= 0.3 is 5.97 Å². The summed E-state index contributed by atoms with van der Waals surface area (Å²) in [6, 6.07) is 12.1. The molecule has 0 saturated heterocycles. The summed E-state index contributed by atoms with van der Waals surface area (Å²) < 4.78 is 18.2. The molecule has 3 rings (SSSR count). The Balaban J connectivity index is 1.55. The molecule has 2 aromatic rings. The zero-order chi connectivity index (χ0) is 18.7. The van der Waals surface area contributed by atoms with Gasteiger partial charge in [0, 0.05) is 5.69 Å². The van der Waals surface area contributed by atoms with Crippen LogP contribution in [-0.4, -0.2) is 24.9 Å². The number of halogens is 1. The SMILES string of the molecule is COC(=O)c1ccc(NC(=O)C2CC2C(=O)Nc2ccccc2F)cc1. The number of anilines is 2. The predicted octanol–water partition coefficient (Wildman–Crippen LogP) is 2.83. The highest BCUT2D eigenvalue weighted by Gasteiger charge is 2.48. The van der Waals surface area contributed by atoms with E-state index in [2.05, 4.69) is 15.4 Å². The van der Waals surface area contributed by atoms with Gasteiger partial charge in [0.15, 0.2) is 0 Å². The summed E-state index contributed by atoms with van der Waals surface area (Å²) in [6.07, 6.45) is 0.409. The number of rotatable bonds is 5. The minimum Gasteiger partial charge on any atom is -0.465 e. The number of esters is 1. The van der Waals surface area contributed by atoms with E-state index >= 15 is 0 Å². The van der Waals surface area contributed by atoms with E-state index in [0.29, 0.717) is 17.7 Å². The second-order valence-corrected chi connectivity index (χ2v) is 5.98. The van der Waals surface area contributed by atoms with Crippen LogP contribution in [0.15, 0.2) is 48.5 Å². The van der Waals surface area contributed by atoms with Crippen LogP contribution in [0.2, 0.25) is 0 Å². The number of hydrogen-bond acceptors (Lipinski definition) is 4. The van der Waals surface area contributed by atoms with Gasteiger partial charge in [0.2, 0.25) is 11.8 Å². The summed E-state index contributed by atoms with van der Waals surface area (Å²) in [5, 5.41) is 5.20. The van der Waals surface area contributed by atoms with E-state index in [0.717, 1.165) is 0 Å². The lowest BCUT2D eigenvalue weighted by atomic mass is 10.2. The molecule has 2 aromatic carbocycles. The largest absolute Gasteiger partial charge is 0.465 e. The Kier molecular flexibility index (Phi) is 4.97. The number of carbonyl (C=O) groups excluding carboxylic acids is 3. The van der Waals surface area contributed by atoms with E-state index in [1.807, 2.05) is 0 Å². The fourth-order valence-electron chi connectivity index (χ4n) is 2.60. The molecular formula is C19H17FN2O4. The number of methoxy groups -OCH3 is 1. The maximum Gasteiger partial charge on any atom is 0.337 e. The minimum absolute atomic E-state index is 0.0990. The molecule has 1 fully saturated rings. The Morgan fingerprint density at radius 1 is 0.962 bits per heavy atom. The van der Waals surface area contributed by atoms with E-state index in [1.165, 1.54) is 37.4 Å². The van der Waals surface area contributed by atoms with Crippen molar-refractivity contribution < 1.29 is 23.5 Å². The maximum atomic E-state index is 13.6.